The summed E-state index contributed by atoms with van der Waals surface area (Å²) in [4.78, 5) is 20.9. The van der Waals surface area contributed by atoms with Crippen LogP contribution < -0.4 is 5.32 Å². The second kappa shape index (κ2) is 5.66. The summed E-state index contributed by atoms with van der Waals surface area (Å²) in [7, 11) is 0. The van der Waals surface area contributed by atoms with Crippen molar-refractivity contribution in [3.05, 3.63) is 34.4 Å². The van der Waals surface area contributed by atoms with E-state index in [1.54, 1.807) is 12.1 Å². The van der Waals surface area contributed by atoms with Crippen LogP contribution in [0.4, 0.5) is 11.4 Å². The Hall–Kier alpha value is -2.15. The number of carbonyl (C=O) groups is 1. The van der Waals surface area contributed by atoms with Gasteiger partial charge in [-0.3, -0.25) is 10.1 Å². The fourth-order valence-electron chi connectivity index (χ4n) is 2.00. The minimum Gasteiger partial charge on any atom is -0.479 e. The molecule has 19 heavy (non-hydrogen) atoms. The molecular weight excluding hydrogens is 252 g/mol. The smallest absolute Gasteiger partial charge is 0.332 e. The molecule has 0 aliphatic carbocycles. The topological polar surface area (TPSA) is 102 Å². The van der Waals surface area contributed by atoms with E-state index in [9.17, 15) is 14.9 Å². The zero-order valence-corrected chi connectivity index (χ0v) is 10.1. The average molecular weight is 266 g/mol. The maximum atomic E-state index is 10.7. The molecule has 0 bridgehead atoms. The Morgan fingerprint density at radius 3 is 2.95 bits per heavy atom. The summed E-state index contributed by atoms with van der Waals surface area (Å²) in [5.41, 5.74) is 0.636. The number of nitrogens with zero attached hydrogens (tertiary/aromatic N) is 1. The molecule has 0 radical (unpaired) electrons. The van der Waals surface area contributed by atoms with E-state index >= 15 is 0 Å². The molecule has 1 saturated heterocycles. The molecule has 2 rings (SSSR count). The summed E-state index contributed by atoms with van der Waals surface area (Å²) < 4.78 is 5.33. The number of nitrogens with one attached hydrogen (secondary N) is 1. The Kier molecular flexibility index (Phi) is 3.96. The lowest BCUT2D eigenvalue weighted by atomic mass is 10.2. The number of rotatable bonds is 5. The fraction of sp³-hybridized carbons (Fsp3) is 0.417. The van der Waals surface area contributed by atoms with Gasteiger partial charge in [0, 0.05) is 24.4 Å². The Balaban J connectivity index is 1.88. The zero-order chi connectivity index (χ0) is 13.8. The van der Waals surface area contributed by atoms with Crippen molar-refractivity contribution in [2.75, 3.05) is 11.9 Å². The van der Waals surface area contributed by atoms with Gasteiger partial charge in [-0.1, -0.05) is 6.07 Å². The van der Waals surface area contributed by atoms with Gasteiger partial charge in [0.05, 0.1) is 11.0 Å². The van der Waals surface area contributed by atoms with E-state index < -0.39 is 17.0 Å². The Morgan fingerprint density at radius 2 is 2.32 bits per heavy atom. The largest absolute Gasteiger partial charge is 0.479 e. The number of aliphatic carboxylic acids is 1. The average Bonchev–Trinajstić information content (AvgIpc) is 2.85. The Labute approximate surface area is 109 Å². The number of non-ortho nitro benzene ring substituents is 1. The Bertz CT molecular complexity index is 491. The van der Waals surface area contributed by atoms with Crippen molar-refractivity contribution < 1.29 is 19.6 Å². The summed E-state index contributed by atoms with van der Waals surface area (Å²) in [5, 5.41) is 22.4. The Morgan fingerprint density at radius 1 is 1.53 bits per heavy atom. The van der Waals surface area contributed by atoms with Gasteiger partial charge >= 0.3 is 5.97 Å². The summed E-state index contributed by atoms with van der Waals surface area (Å²) in [5.74, 6) is -0.946. The maximum absolute atomic E-state index is 10.7. The highest BCUT2D eigenvalue weighted by atomic mass is 16.6. The predicted molar refractivity (Wildman–Crippen MR) is 67.1 cm³/mol. The van der Waals surface area contributed by atoms with Gasteiger partial charge < -0.3 is 15.2 Å². The van der Waals surface area contributed by atoms with Crippen LogP contribution in [0.3, 0.4) is 0 Å². The zero-order valence-electron chi connectivity index (χ0n) is 10.1. The van der Waals surface area contributed by atoms with Gasteiger partial charge in [0.1, 0.15) is 0 Å². The third kappa shape index (κ3) is 3.41. The van der Waals surface area contributed by atoms with E-state index in [-0.39, 0.29) is 11.8 Å². The highest BCUT2D eigenvalue weighted by Gasteiger charge is 2.30. The quantitative estimate of drug-likeness (QED) is 0.620. The van der Waals surface area contributed by atoms with Crippen LogP contribution in [-0.2, 0) is 9.53 Å². The molecule has 0 spiro atoms. The predicted octanol–water partition coefficient (Wildman–Crippen LogP) is 1.64. The molecule has 0 saturated carbocycles. The lowest BCUT2D eigenvalue weighted by molar-refractivity contribution is -0.384. The highest BCUT2D eigenvalue weighted by molar-refractivity contribution is 5.72. The number of nitro groups is 1. The number of hydrogen-bond acceptors (Lipinski definition) is 5. The minimum absolute atomic E-state index is 0.0146. The van der Waals surface area contributed by atoms with Crippen LogP contribution in [0.2, 0.25) is 0 Å². The molecule has 102 valence electrons. The van der Waals surface area contributed by atoms with Crippen molar-refractivity contribution in [3.63, 3.8) is 0 Å². The van der Waals surface area contributed by atoms with Crippen LogP contribution in [0.25, 0.3) is 0 Å². The molecule has 1 fully saturated rings. The molecule has 1 aliphatic heterocycles. The third-order valence-corrected chi connectivity index (χ3v) is 2.97. The number of benzene rings is 1. The van der Waals surface area contributed by atoms with Crippen LogP contribution in [0.15, 0.2) is 24.3 Å². The number of anilines is 1. The summed E-state index contributed by atoms with van der Waals surface area (Å²) >= 11 is 0. The molecule has 2 atom stereocenters. The molecule has 0 amide bonds. The van der Waals surface area contributed by atoms with Crippen molar-refractivity contribution in [1.29, 1.82) is 0 Å². The molecule has 7 nitrogen and oxygen atoms in total. The van der Waals surface area contributed by atoms with E-state index in [4.69, 9.17) is 9.84 Å². The molecule has 0 aromatic heterocycles. The van der Waals surface area contributed by atoms with Gasteiger partial charge in [-0.2, -0.15) is 0 Å². The first kappa shape index (κ1) is 13.3. The summed E-state index contributed by atoms with van der Waals surface area (Å²) in [6.45, 7) is 0.435. The van der Waals surface area contributed by atoms with Crippen LogP contribution in [0, 0.1) is 10.1 Å². The van der Waals surface area contributed by atoms with Crippen molar-refractivity contribution in [3.8, 4) is 0 Å². The number of nitro benzene ring substituents is 1. The van der Waals surface area contributed by atoms with Gasteiger partial charge in [-0.15, -0.1) is 0 Å². The number of carboxylic acid groups (broad SMARTS) is 1. The standard InChI is InChI=1S/C12H14N2O5/c15-12(16)11-5-4-10(19-11)7-13-8-2-1-3-9(6-8)14(17)18/h1-3,6,10-11,13H,4-5,7H2,(H,15,16). The molecule has 2 N–H and O–H groups in total. The van der Waals surface area contributed by atoms with Crippen LogP contribution in [0.1, 0.15) is 12.8 Å². The van der Waals surface area contributed by atoms with E-state index in [0.717, 1.165) is 0 Å². The monoisotopic (exact) mass is 266 g/mol. The van der Waals surface area contributed by atoms with Gasteiger partial charge in [0.25, 0.3) is 5.69 Å². The first-order chi connectivity index (χ1) is 9.06. The van der Waals surface area contributed by atoms with Gasteiger partial charge in [-0.25, -0.2) is 4.79 Å². The molecule has 1 aromatic rings. The normalized spacial score (nSPS) is 22.1. The molecule has 1 heterocycles. The van der Waals surface area contributed by atoms with E-state index in [1.807, 2.05) is 0 Å². The van der Waals surface area contributed by atoms with E-state index in [1.165, 1.54) is 12.1 Å². The van der Waals surface area contributed by atoms with Gasteiger partial charge in [0.15, 0.2) is 6.10 Å². The molecule has 1 aliphatic rings. The number of hydrogen-bond donors (Lipinski definition) is 2. The highest BCUT2D eigenvalue weighted by Crippen LogP contribution is 2.21. The summed E-state index contributed by atoms with van der Waals surface area (Å²) in [6.07, 6.45) is 0.243. The lowest BCUT2D eigenvalue weighted by Crippen LogP contribution is -2.24. The SMILES string of the molecule is O=C(O)C1CCC(CNc2cccc([N+](=O)[O-])c2)O1. The number of carboxylic acids is 1. The molecule has 2 unspecified atom stereocenters. The first-order valence-electron chi connectivity index (χ1n) is 5.93. The second-order valence-electron chi connectivity index (χ2n) is 4.35. The van der Waals surface area contributed by atoms with Crippen LogP contribution >= 0.6 is 0 Å². The van der Waals surface area contributed by atoms with Crippen molar-refractivity contribution in [1.82, 2.24) is 0 Å². The second-order valence-corrected chi connectivity index (χ2v) is 4.35. The molecular formula is C12H14N2O5. The first-order valence-corrected chi connectivity index (χ1v) is 5.93. The van der Waals surface area contributed by atoms with Gasteiger partial charge in [-0.05, 0) is 18.9 Å². The molecule has 1 aromatic carbocycles. The van der Waals surface area contributed by atoms with Gasteiger partial charge in [0.2, 0.25) is 0 Å². The van der Waals surface area contributed by atoms with Crippen LogP contribution in [-0.4, -0.2) is 34.8 Å². The summed E-state index contributed by atoms with van der Waals surface area (Å²) in [6, 6.07) is 6.16. The number of ether oxygens (including phenoxy) is 1. The van der Waals surface area contributed by atoms with E-state index in [2.05, 4.69) is 5.32 Å². The van der Waals surface area contributed by atoms with Crippen molar-refractivity contribution in [2.24, 2.45) is 0 Å². The lowest BCUT2D eigenvalue weighted by Gasteiger charge is -2.13. The van der Waals surface area contributed by atoms with Crippen molar-refractivity contribution >= 4 is 17.3 Å². The maximum Gasteiger partial charge on any atom is 0.332 e. The molecule has 7 heteroatoms. The third-order valence-electron chi connectivity index (χ3n) is 2.97. The van der Waals surface area contributed by atoms with Crippen molar-refractivity contribution in [2.45, 2.75) is 25.0 Å². The van der Waals surface area contributed by atoms with Crippen LogP contribution in [0.5, 0.6) is 0 Å². The van der Waals surface area contributed by atoms with E-state index in [0.29, 0.717) is 25.1 Å². The minimum atomic E-state index is -0.946. The fourth-order valence-corrected chi connectivity index (χ4v) is 2.00.